The second-order valence-corrected chi connectivity index (χ2v) is 13.2. The predicted octanol–water partition coefficient (Wildman–Crippen LogP) is 0.556. The van der Waals surface area contributed by atoms with Gasteiger partial charge in [-0.1, -0.05) is 18.0 Å². The summed E-state index contributed by atoms with van der Waals surface area (Å²) in [6.45, 7) is 4.82. The Kier molecular flexibility index (Phi) is 6.68. The lowest BCUT2D eigenvalue weighted by Crippen LogP contribution is -2.54. The Hall–Kier alpha value is -1.50. The van der Waals surface area contributed by atoms with Gasteiger partial charge in [0.1, 0.15) is 10.6 Å². The van der Waals surface area contributed by atoms with E-state index in [-0.39, 0.29) is 59.8 Å². The molecule has 0 radical (unpaired) electrons. The highest BCUT2D eigenvalue weighted by Crippen LogP contribution is 2.30. The van der Waals surface area contributed by atoms with Gasteiger partial charge >= 0.3 is 0 Å². The number of sulfonamides is 1. The fraction of sp³-hybridized carbons (Fsp3) is 0.800. The molecule has 0 aromatic carbocycles. The second kappa shape index (κ2) is 9.03. The van der Waals surface area contributed by atoms with Gasteiger partial charge in [0.15, 0.2) is 15.6 Å². The molecule has 1 saturated carbocycles. The molecule has 1 amide bonds. The quantitative estimate of drug-likeness (QED) is 0.569. The van der Waals surface area contributed by atoms with Gasteiger partial charge in [-0.05, 0) is 33.1 Å². The Bertz CT molecular complexity index is 1030. The van der Waals surface area contributed by atoms with Gasteiger partial charge in [0, 0.05) is 38.3 Å². The molecule has 2 aliphatic heterocycles. The van der Waals surface area contributed by atoms with Crippen LogP contribution >= 0.6 is 0 Å². The van der Waals surface area contributed by atoms with Gasteiger partial charge in [0.05, 0.1) is 18.1 Å². The van der Waals surface area contributed by atoms with Gasteiger partial charge in [-0.25, -0.2) is 16.8 Å². The average Bonchev–Trinajstić information content (AvgIpc) is 3.44. The van der Waals surface area contributed by atoms with E-state index in [4.69, 9.17) is 4.52 Å². The lowest BCUT2D eigenvalue weighted by molar-refractivity contribution is -0.137. The van der Waals surface area contributed by atoms with E-state index in [0.29, 0.717) is 25.2 Å². The SMILES string of the molecule is Cc1noc(C)c1S(=O)(=O)N1CCN(CC(=O)N(C2CCCC2)C2CCS(=O)(=O)C2)CC1. The molecule has 12 heteroatoms. The van der Waals surface area contributed by atoms with Crippen molar-refractivity contribution in [2.24, 2.45) is 0 Å². The van der Waals surface area contributed by atoms with Crippen LogP contribution in [0.5, 0.6) is 0 Å². The van der Waals surface area contributed by atoms with E-state index < -0.39 is 19.9 Å². The number of hydrogen-bond donors (Lipinski definition) is 0. The number of piperazine rings is 1. The van der Waals surface area contributed by atoms with Crippen molar-refractivity contribution in [1.82, 2.24) is 19.3 Å². The van der Waals surface area contributed by atoms with Gasteiger partial charge in [0.2, 0.25) is 15.9 Å². The van der Waals surface area contributed by atoms with Crippen molar-refractivity contribution in [3.8, 4) is 0 Å². The predicted molar refractivity (Wildman–Crippen MR) is 117 cm³/mol. The molecule has 0 N–H and O–H groups in total. The van der Waals surface area contributed by atoms with Gasteiger partial charge < -0.3 is 9.42 Å². The van der Waals surface area contributed by atoms with Crippen molar-refractivity contribution in [1.29, 1.82) is 0 Å². The average molecular weight is 489 g/mol. The van der Waals surface area contributed by atoms with E-state index >= 15 is 0 Å². The van der Waals surface area contributed by atoms with E-state index in [1.54, 1.807) is 13.8 Å². The summed E-state index contributed by atoms with van der Waals surface area (Å²) < 4.78 is 56.5. The number of amides is 1. The molecule has 180 valence electrons. The summed E-state index contributed by atoms with van der Waals surface area (Å²) in [6.07, 6.45) is 4.48. The van der Waals surface area contributed by atoms with Crippen molar-refractivity contribution >= 4 is 25.8 Å². The zero-order chi connectivity index (χ0) is 23.1. The third-order valence-electron chi connectivity index (χ3n) is 6.86. The summed E-state index contributed by atoms with van der Waals surface area (Å²) in [6, 6.07) is -0.126. The molecule has 32 heavy (non-hydrogen) atoms. The van der Waals surface area contributed by atoms with Crippen LogP contribution in [0.3, 0.4) is 0 Å². The molecule has 1 aromatic rings. The number of sulfone groups is 1. The van der Waals surface area contributed by atoms with E-state index in [1.807, 2.05) is 9.80 Å². The van der Waals surface area contributed by atoms with Gasteiger partial charge in [-0.15, -0.1) is 0 Å². The molecule has 3 aliphatic rings. The second-order valence-electron chi connectivity index (χ2n) is 9.13. The number of hydrogen-bond acceptors (Lipinski definition) is 8. The fourth-order valence-electron chi connectivity index (χ4n) is 5.26. The van der Waals surface area contributed by atoms with Crippen LogP contribution in [0.25, 0.3) is 0 Å². The Balaban J connectivity index is 1.40. The summed E-state index contributed by atoms with van der Waals surface area (Å²) in [5, 5.41) is 3.75. The van der Waals surface area contributed by atoms with Crippen LogP contribution in [0.2, 0.25) is 0 Å². The van der Waals surface area contributed by atoms with Crippen molar-refractivity contribution in [3.05, 3.63) is 11.5 Å². The van der Waals surface area contributed by atoms with Crippen LogP contribution in [-0.2, 0) is 24.7 Å². The number of carbonyl (C=O) groups excluding carboxylic acids is 1. The summed E-state index contributed by atoms with van der Waals surface area (Å²) in [4.78, 5) is 17.2. The molecule has 1 aliphatic carbocycles. The van der Waals surface area contributed by atoms with Crippen LogP contribution in [0.1, 0.15) is 43.6 Å². The van der Waals surface area contributed by atoms with Crippen LogP contribution in [-0.4, -0.2) is 98.3 Å². The summed E-state index contributed by atoms with van der Waals surface area (Å²) >= 11 is 0. The van der Waals surface area contributed by atoms with E-state index in [0.717, 1.165) is 25.7 Å². The fourth-order valence-corrected chi connectivity index (χ4v) is 8.68. The maximum atomic E-state index is 13.3. The minimum atomic E-state index is -3.70. The lowest BCUT2D eigenvalue weighted by atomic mass is 10.1. The molecule has 1 unspecified atom stereocenters. The van der Waals surface area contributed by atoms with Crippen molar-refractivity contribution in [3.63, 3.8) is 0 Å². The standard InChI is InChI=1S/C20H32N4O6S2/c1-15-20(16(2)30-21-15)32(28,29)23-10-8-22(9-11-23)13-19(25)24(17-5-3-4-6-17)18-7-12-31(26,27)14-18/h17-18H,3-14H2,1-2H3. The molecule has 4 rings (SSSR count). The Morgan fingerprint density at radius 1 is 1.09 bits per heavy atom. The van der Waals surface area contributed by atoms with E-state index in [9.17, 15) is 21.6 Å². The Labute approximate surface area is 189 Å². The highest BCUT2D eigenvalue weighted by Gasteiger charge is 2.40. The molecule has 3 heterocycles. The monoisotopic (exact) mass is 488 g/mol. The number of aromatic nitrogens is 1. The molecule has 2 saturated heterocycles. The first-order valence-electron chi connectivity index (χ1n) is 11.3. The molecule has 0 bridgehead atoms. The van der Waals surface area contributed by atoms with Gasteiger partial charge in [0.25, 0.3) is 0 Å². The minimum absolute atomic E-state index is 0.0407. The third-order valence-corrected chi connectivity index (χ3v) is 10.8. The summed E-state index contributed by atoms with van der Waals surface area (Å²) in [7, 11) is -6.78. The van der Waals surface area contributed by atoms with Crippen LogP contribution in [0, 0.1) is 13.8 Å². The van der Waals surface area contributed by atoms with Crippen LogP contribution in [0.15, 0.2) is 9.42 Å². The lowest BCUT2D eigenvalue weighted by Gasteiger charge is -2.38. The molecule has 10 nitrogen and oxygen atoms in total. The number of nitrogens with zero attached hydrogens (tertiary/aromatic N) is 4. The smallest absolute Gasteiger partial charge is 0.248 e. The topological polar surface area (TPSA) is 121 Å². The normalized spacial score (nSPS) is 25.4. The maximum absolute atomic E-state index is 13.3. The van der Waals surface area contributed by atoms with E-state index in [2.05, 4.69) is 5.16 Å². The molecular formula is C20H32N4O6S2. The van der Waals surface area contributed by atoms with E-state index in [1.165, 1.54) is 4.31 Å². The highest BCUT2D eigenvalue weighted by molar-refractivity contribution is 7.91. The zero-order valence-electron chi connectivity index (χ0n) is 18.7. The number of carbonyl (C=O) groups is 1. The third kappa shape index (κ3) is 4.73. The molecule has 1 aromatic heterocycles. The Morgan fingerprint density at radius 3 is 2.28 bits per heavy atom. The summed E-state index contributed by atoms with van der Waals surface area (Å²) in [5.41, 5.74) is 0.346. The number of aryl methyl sites for hydroxylation is 2. The first-order valence-corrected chi connectivity index (χ1v) is 14.5. The van der Waals surface area contributed by atoms with Crippen molar-refractivity contribution in [2.75, 3.05) is 44.2 Å². The Morgan fingerprint density at radius 2 is 1.75 bits per heavy atom. The minimum Gasteiger partial charge on any atom is -0.360 e. The highest BCUT2D eigenvalue weighted by atomic mass is 32.2. The molecule has 0 spiro atoms. The molecular weight excluding hydrogens is 456 g/mol. The van der Waals surface area contributed by atoms with Crippen molar-refractivity contribution < 1.29 is 26.2 Å². The summed E-state index contributed by atoms with van der Waals surface area (Å²) in [5.74, 6) is 0.435. The van der Waals surface area contributed by atoms with Crippen LogP contribution in [0.4, 0.5) is 0 Å². The zero-order valence-corrected chi connectivity index (χ0v) is 20.3. The molecule has 3 fully saturated rings. The van der Waals surface area contributed by atoms with Gasteiger partial charge in [-0.2, -0.15) is 4.31 Å². The van der Waals surface area contributed by atoms with Crippen molar-refractivity contribution in [2.45, 2.75) is 62.9 Å². The largest absolute Gasteiger partial charge is 0.360 e. The maximum Gasteiger partial charge on any atom is 0.248 e. The van der Waals surface area contributed by atoms with Gasteiger partial charge in [-0.3, -0.25) is 9.69 Å². The first kappa shape index (κ1) is 23.7. The first-order chi connectivity index (χ1) is 15.1. The number of rotatable bonds is 6. The molecule has 1 atom stereocenters. The van der Waals surface area contributed by atoms with Crippen LogP contribution < -0.4 is 0 Å².